The maximum absolute atomic E-state index is 11.9. The van der Waals surface area contributed by atoms with Gasteiger partial charge in [-0.3, -0.25) is 10.2 Å². The molecule has 5 nitrogen and oxygen atoms in total. The van der Waals surface area contributed by atoms with E-state index in [0.717, 1.165) is 16.8 Å². The van der Waals surface area contributed by atoms with E-state index in [1.807, 2.05) is 73.6 Å². The quantitative estimate of drug-likeness (QED) is 0.803. The highest BCUT2D eigenvalue weighted by Crippen LogP contribution is 2.17. The fraction of sp³-hybridized carbons (Fsp3) is 0.222. The lowest BCUT2D eigenvalue weighted by atomic mass is 10.1. The Kier molecular flexibility index (Phi) is 5.73. The predicted molar refractivity (Wildman–Crippen MR) is 90.5 cm³/mol. The van der Waals surface area contributed by atoms with Crippen molar-refractivity contribution in [3.8, 4) is 6.07 Å². The molecule has 23 heavy (non-hydrogen) atoms. The molecule has 0 heterocycles. The van der Waals surface area contributed by atoms with E-state index >= 15 is 0 Å². The smallest absolute Gasteiger partial charge is 0.238 e. The number of hydrogen-bond donors (Lipinski definition) is 2. The first kappa shape index (κ1) is 16.5. The number of nitriles is 1. The number of hydrazine groups is 1. The molecule has 0 spiro atoms. The maximum atomic E-state index is 11.9. The van der Waals surface area contributed by atoms with Crippen molar-refractivity contribution in [2.24, 2.45) is 0 Å². The van der Waals surface area contributed by atoms with Crippen molar-refractivity contribution in [3.63, 3.8) is 0 Å². The van der Waals surface area contributed by atoms with Crippen molar-refractivity contribution in [3.05, 3.63) is 65.7 Å². The monoisotopic (exact) mass is 308 g/mol. The summed E-state index contributed by atoms with van der Waals surface area (Å²) in [5, 5.41) is 9.29. The van der Waals surface area contributed by atoms with Crippen LogP contribution in [0.1, 0.15) is 17.2 Å². The van der Waals surface area contributed by atoms with Crippen LogP contribution in [0.2, 0.25) is 0 Å². The Morgan fingerprint density at radius 3 is 2.35 bits per heavy atom. The summed E-state index contributed by atoms with van der Waals surface area (Å²) in [4.78, 5) is 13.9. The number of nitrogens with zero attached hydrogens (tertiary/aromatic N) is 2. The van der Waals surface area contributed by atoms with Gasteiger partial charge in [-0.25, -0.2) is 5.43 Å². The normalized spacial score (nSPS) is 11.3. The van der Waals surface area contributed by atoms with Crippen molar-refractivity contribution < 1.29 is 4.79 Å². The highest BCUT2D eigenvalue weighted by molar-refractivity contribution is 5.78. The molecule has 0 radical (unpaired) electrons. The number of hydrogen-bond acceptors (Lipinski definition) is 4. The molecular weight excluding hydrogens is 288 g/mol. The third-order valence-corrected chi connectivity index (χ3v) is 3.44. The zero-order valence-corrected chi connectivity index (χ0v) is 13.3. The number of anilines is 1. The first-order valence-corrected chi connectivity index (χ1v) is 7.35. The largest absolute Gasteiger partial charge is 0.378 e. The van der Waals surface area contributed by atoms with Crippen molar-refractivity contribution in [1.82, 2.24) is 10.9 Å². The van der Waals surface area contributed by atoms with Gasteiger partial charge in [0, 0.05) is 19.8 Å². The second kappa shape index (κ2) is 7.97. The summed E-state index contributed by atoms with van der Waals surface area (Å²) in [6.45, 7) is 0. The first-order valence-electron chi connectivity index (χ1n) is 7.35. The minimum Gasteiger partial charge on any atom is -0.378 e. The fourth-order valence-electron chi connectivity index (χ4n) is 2.13. The highest BCUT2D eigenvalue weighted by Gasteiger charge is 2.11. The SMILES string of the molecule is CN(C)c1ccc([C@H](C#N)NNC(=O)Cc2ccccc2)cc1. The lowest BCUT2D eigenvalue weighted by Crippen LogP contribution is -2.40. The Morgan fingerprint density at radius 1 is 1.13 bits per heavy atom. The maximum Gasteiger partial charge on any atom is 0.238 e. The molecule has 0 aliphatic carbocycles. The van der Waals surface area contributed by atoms with E-state index in [9.17, 15) is 10.1 Å². The van der Waals surface area contributed by atoms with Crippen molar-refractivity contribution >= 4 is 11.6 Å². The summed E-state index contributed by atoms with van der Waals surface area (Å²) < 4.78 is 0. The van der Waals surface area contributed by atoms with Crippen LogP contribution in [-0.4, -0.2) is 20.0 Å². The Hall–Kier alpha value is -2.84. The molecule has 5 heteroatoms. The second-order valence-corrected chi connectivity index (χ2v) is 5.40. The molecule has 1 amide bonds. The number of carbonyl (C=O) groups is 1. The molecule has 2 rings (SSSR count). The summed E-state index contributed by atoms with van der Waals surface area (Å²) in [5.41, 5.74) is 8.16. The van der Waals surface area contributed by atoms with E-state index in [-0.39, 0.29) is 12.3 Å². The zero-order chi connectivity index (χ0) is 16.7. The zero-order valence-electron chi connectivity index (χ0n) is 13.3. The van der Waals surface area contributed by atoms with E-state index < -0.39 is 6.04 Å². The third-order valence-electron chi connectivity index (χ3n) is 3.44. The summed E-state index contributed by atoms with van der Waals surface area (Å²) in [5.74, 6) is -0.179. The molecule has 0 aliphatic heterocycles. The van der Waals surface area contributed by atoms with Gasteiger partial charge in [0.05, 0.1) is 12.5 Å². The highest BCUT2D eigenvalue weighted by atomic mass is 16.2. The lowest BCUT2D eigenvalue weighted by Gasteiger charge is -2.16. The molecule has 0 unspecified atom stereocenters. The molecule has 0 bridgehead atoms. The predicted octanol–water partition coefficient (Wildman–Crippen LogP) is 2.18. The average molecular weight is 308 g/mol. The van der Waals surface area contributed by atoms with Gasteiger partial charge >= 0.3 is 0 Å². The van der Waals surface area contributed by atoms with Crippen molar-refractivity contribution in [2.45, 2.75) is 12.5 Å². The average Bonchev–Trinajstić information content (AvgIpc) is 2.56. The Morgan fingerprint density at radius 2 is 1.78 bits per heavy atom. The standard InChI is InChI=1S/C18H20N4O/c1-22(2)16-10-8-15(9-11-16)17(13-19)20-21-18(23)12-14-6-4-3-5-7-14/h3-11,17,20H,12H2,1-2H3,(H,21,23)/t17-/m0/s1. The molecule has 0 saturated heterocycles. The molecule has 0 saturated carbocycles. The molecule has 2 N–H and O–H groups in total. The molecule has 118 valence electrons. The Balaban J connectivity index is 1.92. The van der Waals surface area contributed by atoms with Crippen LogP contribution in [0.15, 0.2) is 54.6 Å². The van der Waals surface area contributed by atoms with Crippen LogP contribution in [0, 0.1) is 11.3 Å². The van der Waals surface area contributed by atoms with Gasteiger partial charge < -0.3 is 4.90 Å². The molecule has 2 aromatic rings. The van der Waals surface area contributed by atoms with Crippen LogP contribution >= 0.6 is 0 Å². The summed E-state index contributed by atoms with van der Waals surface area (Å²) in [6.07, 6.45) is 0.269. The van der Waals surface area contributed by atoms with Crippen molar-refractivity contribution in [2.75, 3.05) is 19.0 Å². The van der Waals surface area contributed by atoms with Gasteiger partial charge in [-0.05, 0) is 23.3 Å². The Bertz CT molecular complexity index is 674. The Labute approximate surface area is 136 Å². The summed E-state index contributed by atoms with van der Waals surface area (Å²) >= 11 is 0. The van der Waals surface area contributed by atoms with E-state index in [4.69, 9.17) is 0 Å². The molecule has 0 fully saturated rings. The molecule has 0 aromatic heterocycles. The van der Waals surface area contributed by atoms with Gasteiger partial charge in [0.1, 0.15) is 6.04 Å². The van der Waals surface area contributed by atoms with Gasteiger partial charge in [0.15, 0.2) is 0 Å². The van der Waals surface area contributed by atoms with Gasteiger partial charge in [0.25, 0.3) is 0 Å². The summed E-state index contributed by atoms with van der Waals surface area (Å²) in [6, 6.07) is 18.6. The topological polar surface area (TPSA) is 68.2 Å². The van der Waals surface area contributed by atoms with Gasteiger partial charge in [-0.1, -0.05) is 42.5 Å². The van der Waals surface area contributed by atoms with Crippen LogP contribution < -0.4 is 15.8 Å². The number of carbonyl (C=O) groups excluding carboxylic acids is 1. The third kappa shape index (κ3) is 4.83. The van der Waals surface area contributed by atoms with Gasteiger partial charge in [-0.15, -0.1) is 0 Å². The number of benzene rings is 2. The van der Waals surface area contributed by atoms with E-state index in [1.54, 1.807) is 0 Å². The number of amides is 1. The van der Waals surface area contributed by atoms with Crippen LogP contribution in [0.25, 0.3) is 0 Å². The van der Waals surface area contributed by atoms with Crippen LogP contribution in [0.4, 0.5) is 5.69 Å². The van der Waals surface area contributed by atoms with E-state index in [2.05, 4.69) is 16.9 Å². The first-order chi connectivity index (χ1) is 11.1. The molecule has 1 atom stereocenters. The van der Waals surface area contributed by atoms with Crippen LogP contribution in [0.5, 0.6) is 0 Å². The number of nitrogens with one attached hydrogen (secondary N) is 2. The molecule has 0 aliphatic rings. The fourth-order valence-corrected chi connectivity index (χ4v) is 2.13. The van der Waals surface area contributed by atoms with Crippen molar-refractivity contribution in [1.29, 1.82) is 5.26 Å². The lowest BCUT2D eigenvalue weighted by molar-refractivity contribution is -0.121. The van der Waals surface area contributed by atoms with Crippen LogP contribution in [-0.2, 0) is 11.2 Å². The van der Waals surface area contributed by atoms with E-state index in [0.29, 0.717) is 0 Å². The summed E-state index contributed by atoms with van der Waals surface area (Å²) in [7, 11) is 3.91. The molecular formula is C18H20N4O. The van der Waals surface area contributed by atoms with Crippen LogP contribution in [0.3, 0.4) is 0 Å². The minimum absolute atomic E-state index is 0.179. The van der Waals surface area contributed by atoms with Gasteiger partial charge in [0.2, 0.25) is 5.91 Å². The number of rotatable bonds is 6. The molecule has 2 aromatic carbocycles. The minimum atomic E-state index is -0.592. The second-order valence-electron chi connectivity index (χ2n) is 5.40. The van der Waals surface area contributed by atoms with Gasteiger partial charge in [-0.2, -0.15) is 5.26 Å². The van der Waals surface area contributed by atoms with E-state index in [1.165, 1.54) is 0 Å².